The van der Waals surface area contributed by atoms with Gasteiger partial charge in [-0.3, -0.25) is 0 Å². The lowest BCUT2D eigenvalue weighted by atomic mass is 10.3. The summed E-state index contributed by atoms with van der Waals surface area (Å²) in [5.74, 6) is 2.81. The molecule has 0 saturated carbocycles. The minimum absolute atomic E-state index is 0.270. The van der Waals surface area contributed by atoms with Crippen LogP contribution in [0.15, 0.2) is 24.4 Å². The molecule has 0 N–H and O–H groups in total. The predicted molar refractivity (Wildman–Crippen MR) is 98.4 cm³/mol. The second-order valence-electron chi connectivity index (χ2n) is 6.51. The van der Waals surface area contributed by atoms with E-state index in [1.54, 1.807) is 12.3 Å². The highest BCUT2D eigenvalue weighted by atomic mass is 19.1. The Morgan fingerprint density at radius 3 is 2.19 bits per heavy atom. The number of ether oxygens (including phenoxy) is 1. The van der Waals surface area contributed by atoms with Gasteiger partial charge in [-0.1, -0.05) is 0 Å². The van der Waals surface area contributed by atoms with Crippen molar-refractivity contribution < 1.29 is 9.13 Å². The first kappa shape index (κ1) is 17.0. The molecule has 2 fully saturated rings. The topological polar surface area (TPSA) is 57.6 Å². The van der Waals surface area contributed by atoms with Crippen molar-refractivity contribution in [3.8, 4) is 0 Å². The summed E-state index contributed by atoms with van der Waals surface area (Å²) in [6, 6.07) is 5.12. The van der Waals surface area contributed by atoms with Crippen LogP contribution in [0.5, 0.6) is 0 Å². The molecule has 0 aliphatic carbocycles. The van der Waals surface area contributed by atoms with Crippen molar-refractivity contribution in [1.82, 2.24) is 15.0 Å². The maximum atomic E-state index is 14.0. The van der Waals surface area contributed by atoms with Crippen LogP contribution in [0.3, 0.4) is 0 Å². The van der Waals surface area contributed by atoms with Crippen molar-refractivity contribution in [2.24, 2.45) is 0 Å². The first-order valence-corrected chi connectivity index (χ1v) is 8.99. The molecule has 0 bridgehead atoms. The predicted octanol–water partition coefficient (Wildman–Crippen LogP) is 1.48. The summed E-state index contributed by atoms with van der Waals surface area (Å²) < 4.78 is 19.4. The van der Waals surface area contributed by atoms with Crippen LogP contribution in [-0.4, -0.2) is 67.4 Å². The molecule has 0 atom stereocenters. The quantitative estimate of drug-likeness (QED) is 0.824. The van der Waals surface area contributed by atoms with Gasteiger partial charge in [-0.15, -0.1) is 0 Å². The lowest BCUT2D eigenvalue weighted by Gasteiger charge is -2.36. The largest absolute Gasteiger partial charge is 0.378 e. The van der Waals surface area contributed by atoms with Gasteiger partial charge < -0.3 is 19.4 Å². The second-order valence-corrected chi connectivity index (χ2v) is 6.51. The number of hydrogen-bond donors (Lipinski definition) is 0. The number of piperazine rings is 1. The van der Waals surface area contributed by atoms with Gasteiger partial charge in [0.15, 0.2) is 11.6 Å². The molecule has 138 valence electrons. The number of pyridine rings is 1. The van der Waals surface area contributed by atoms with Gasteiger partial charge in [0, 0.05) is 51.5 Å². The molecule has 2 aliphatic heterocycles. The Hall–Kier alpha value is -2.48. The van der Waals surface area contributed by atoms with Crippen LogP contribution in [0.2, 0.25) is 0 Å². The van der Waals surface area contributed by atoms with Crippen molar-refractivity contribution in [3.63, 3.8) is 0 Å². The maximum absolute atomic E-state index is 14.0. The summed E-state index contributed by atoms with van der Waals surface area (Å²) in [6.45, 7) is 8.05. The number of hydrogen-bond acceptors (Lipinski definition) is 7. The van der Waals surface area contributed by atoms with Crippen molar-refractivity contribution in [1.29, 1.82) is 0 Å². The fraction of sp³-hybridized carbons (Fsp3) is 0.500. The van der Waals surface area contributed by atoms with Crippen molar-refractivity contribution in [2.75, 3.05) is 67.2 Å². The Morgan fingerprint density at radius 1 is 0.923 bits per heavy atom. The summed E-state index contributed by atoms with van der Waals surface area (Å²) in [7, 11) is 0. The van der Waals surface area contributed by atoms with E-state index in [0.29, 0.717) is 18.9 Å². The van der Waals surface area contributed by atoms with E-state index < -0.39 is 0 Å². The minimum atomic E-state index is -0.270. The fourth-order valence-electron chi connectivity index (χ4n) is 3.41. The molecule has 2 saturated heterocycles. The smallest absolute Gasteiger partial charge is 0.165 e. The highest BCUT2D eigenvalue weighted by Gasteiger charge is 2.22. The molecule has 7 nitrogen and oxygen atoms in total. The lowest BCUT2D eigenvalue weighted by molar-refractivity contribution is 0.122. The van der Waals surface area contributed by atoms with Crippen molar-refractivity contribution in [2.45, 2.75) is 6.92 Å². The van der Waals surface area contributed by atoms with Crippen molar-refractivity contribution >= 4 is 17.5 Å². The van der Waals surface area contributed by atoms with Crippen LogP contribution in [0, 0.1) is 12.7 Å². The molecule has 2 aromatic heterocycles. The Kier molecular flexibility index (Phi) is 4.83. The number of nitrogens with zero attached hydrogens (tertiary/aromatic N) is 6. The Balaban J connectivity index is 1.47. The van der Waals surface area contributed by atoms with E-state index >= 15 is 0 Å². The molecule has 4 rings (SSSR count). The van der Waals surface area contributed by atoms with Crippen LogP contribution in [0.1, 0.15) is 5.82 Å². The molecule has 0 radical (unpaired) electrons. The summed E-state index contributed by atoms with van der Waals surface area (Å²) >= 11 is 0. The molecule has 8 heteroatoms. The van der Waals surface area contributed by atoms with Gasteiger partial charge in [0.25, 0.3) is 0 Å². The van der Waals surface area contributed by atoms with Crippen LogP contribution >= 0.6 is 0 Å². The van der Waals surface area contributed by atoms with Gasteiger partial charge in [-0.05, 0) is 19.1 Å². The maximum Gasteiger partial charge on any atom is 0.165 e. The lowest BCUT2D eigenvalue weighted by Crippen LogP contribution is -2.47. The molecule has 2 aromatic rings. The van der Waals surface area contributed by atoms with E-state index in [2.05, 4.69) is 30.8 Å². The van der Waals surface area contributed by atoms with Crippen LogP contribution in [-0.2, 0) is 4.74 Å². The SMILES string of the molecule is Cc1nc(N2CCOCC2)cc(N2CCN(c3ncccc3F)CC2)n1. The monoisotopic (exact) mass is 358 g/mol. The minimum Gasteiger partial charge on any atom is -0.378 e. The first-order chi connectivity index (χ1) is 12.7. The molecular formula is C18H23FN6O. The molecule has 26 heavy (non-hydrogen) atoms. The zero-order valence-electron chi connectivity index (χ0n) is 14.9. The number of anilines is 3. The summed E-state index contributed by atoms with van der Waals surface area (Å²) in [6.07, 6.45) is 1.63. The molecule has 2 aliphatic rings. The second kappa shape index (κ2) is 7.41. The zero-order chi connectivity index (χ0) is 17.9. The summed E-state index contributed by atoms with van der Waals surface area (Å²) in [4.78, 5) is 19.8. The average Bonchev–Trinajstić information content (AvgIpc) is 2.69. The Morgan fingerprint density at radius 2 is 1.54 bits per heavy atom. The highest BCUT2D eigenvalue weighted by molar-refractivity contribution is 5.53. The Bertz CT molecular complexity index is 759. The molecule has 0 aromatic carbocycles. The highest BCUT2D eigenvalue weighted by Crippen LogP contribution is 2.23. The third-order valence-corrected chi connectivity index (χ3v) is 4.79. The van der Waals surface area contributed by atoms with E-state index in [1.807, 2.05) is 11.8 Å². The number of halogens is 1. The molecule has 0 unspecified atom stereocenters. The first-order valence-electron chi connectivity index (χ1n) is 8.99. The third-order valence-electron chi connectivity index (χ3n) is 4.79. The van der Waals surface area contributed by atoms with Crippen molar-refractivity contribution in [3.05, 3.63) is 36.0 Å². The molecule has 0 amide bonds. The normalized spacial score (nSPS) is 18.3. The number of aryl methyl sites for hydroxylation is 1. The van der Waals surface area contributed by atoms with E-state index in [1.165, 1.54) is 6.07 Å². The van der Waals surface area contributed by atoms with Gasteiger partial charge in [-0.25, -0.2) is 19.3 Å². The average molecular weight is 358 g/mol. The fourth-order valence-corrected chi connectivity index (χ4v) is 3.41. The van der Waals surface area contributed by atoms with E-state index in [-0.39, 0.29) is 5.82 Å². The van der Waals surface area contributed by atoms with Gasteiger partial charge in [0.2, 0.25) is 0 Å². The van der Waals surface area contributed by atoms with Gasteiger partial charge in [-0.2, -0.15) is 0 Å². The van der Waals surface area contributed by atoms with E-state index in [4.69, 9.17) is 4.74 Å². The third kappa shape index (κ3) is 3.55. The summed E-state index contributed by atoms with van der Waals surface area (Å²) in [5.41, 5.74) is 0. The van der Waals surface area contributed by atoms with Crippen LogP contribution in [0.25, 0.3) is 0 Å². The van der Waals surface area contributed by atoms with Gasteiger partial charge >= 0.3 is 0 Å². The molecule has 4 heterocycles. The van der Waals surface area contributed by atoms with Gasteiger partial charge in [0.05, 0.1) is 13.2 Å². The zero-order valence-corrected chi connectivity index (χ0v) is 14.9. The van der Waals surface area contributed by atoms with Gasteiger partial charge in [0.1, 0.15) is 17.5 Å². The number of morpholine rings is 1. The van der Waals surface area contributed by atoms with Crippen LogP contribution < -0.4 is 14.7 Å². The molecule has 0 spiro atoms. The van der Waals surface area contributed by atoms with Crippen LogP contribution in [0.4, 0.5) is 21.8 Å². The number of aromatic nitrogens is 3. The molecular weight excluding hydrogens is 335 g/mol. The number of rotatable bonds is 3. The van der Waals surface area contributed by atoms with E-state index in [0.717, 1.165) is 56.9 Å². The standard InChI is InChI=1S/C18H23FN6O/c1-14-21-16(13-17(22-14)24-9-11-26-12-10-24)23-5-7-25(8-6-23)18-15(19)3-2-4-20-18/h2-4,13H,5-12H2,1H3. The summed E-state index contributed by atoms with van der Waals surface area (Å²) in [5, 5.41) is 0. The Labute approximate surface area is 152 Å². The van der Waals surface area contributed by atoms with E-state index in [9.17, 15) is 4.39 Å².